The van der Waals surface area contributed by atoms with Crippen molar-refractivity contribution < 1.29 is 18.0 Å². The molecule has 1 aliphatic rings. The maximum Gasteiger partial charge on any atom is 0.268 e. The van der Waals surface area contributed by atoms with E-state index in [0.717, 1.165) is 5.56 Å². The van der Waals surface area contributed by atoms with Gasteiger partial charge >= 0.3 is 0 Å². The normalized spacial score (nSPS) is 14.4. The third kappa shape index (κ3) is 3.51. The van der Waals surface area contributed by atoms with E-state index in [4.69, 9.17) is 0 Å². The number of H-pyrrole nitrogens is 1. The largest absolute Gasteiger partial charge is 0.355 e. The Bertz CT molecular complexity index is 1400. The van der Waals surface area contributed by atoms with Crippen LogP contribution in [0.3, 0.4) is 0 Å². The molecule has 0 fully saturated rings. The third-order valence-corrected chi connectivity index (χ3v) is 8.50. The van der Waals surface area contributed by atoms with Crippen LogP contribution in [0, 0.1) is 27.7 Å². The summed E-state index contributed by atoms with van der Waals surface area (Å²) in [4.78, 5) is 28.5. The van der Waals surface area contributed by atoms with Gasteiger partial charge in [0.15, 0.2) is 5.78 Å². The molecule has 0 spiro atoms. The van der Waals surface area contributed by atoms with E-state index in [9.17, 15) is 18.0 Å². The first kappa shape index (κ1) is 23.0. The van der Waals surface area contributed by atoms with E-state index in [1.165, 1.54) is 15.9 Å². The Morgan fingerprint density at radius 2 is 1.79 bits per heavy atom. The molecule has 9 heteroatoms. The molecular weight excluding hydrogens is 440 g/mol. The molecule has 2 aromatic heterocycles. The minimum Gasteiger partial charge on any atom is -0.355 e. The number of nitrogens with one attached hydrogen (secondary N) is 1. The fourth-order valence-corrected chi connectivity index (χ4v) is 6.78. The number of anilines is 1. The van der Waals surface area contributed by atoms with Crippen LogP contribution in [0.15, 0.2) is 29.2 Å². The molecule has 1 N–H and O–H groups in total. The average Bonchev–Trinajstić information content (AvgIpc) is 3.40. The van der Waals surface area contributed by atoms with Crippen LogP contribution in [0.4, 0.5) is 5.69 Å². The van der Waals surface area contributed by atoms with E-state index in [0.29, 0.717) is 52.6 Å². The van der Waals surface area contributed by atoms with Crippen LogP contribution in [-0.4, -0.2) is 41.3 Å². The molecule has 4 rings (SSSR count). The zero-order valence-electron chi connectivity index (χ0n) is 19.7. The first-order valence-electron chi connectivity index (χ1n) is 10.9. The lowest BCUT2D eigenvalue weighted by atomic mass is 10.0. The highest BCUT2D eigenvalue weighted by Gasteiger charge is 2.36. The van der Waals surface area contributed by atoms with Crippen LogP contribution in [-0.2, 0) is 16.4 Å². The second-order valence-electron chi connectivity index (χ2n) is 8.62. The van der Waals surface area contributed by atoms with Gasteiger partial charge in [-0.2, -0.15) is 5.10 Å². The number of rotatable bonds is 6. The predicted molar refractivity (Wildman–Crippen MR) is 126 cm³/mol. The zero-order valence-corrected chi connectivity index (χ0v) is 20.5. The molecule has 0 radical (unpaired) electrons. The number of aryl methyl sites for hydroxylation is 2. The molecule has 0 bridgehead atoms. The summed E-state index contributed by atoms with van der Waals surface area (Å²) in [7, 11) is -3.85. The van der Waals surface area contributed by atoms with Crippen molar-refractivity contribution >= 4 is 27.3 Å². The Morgan fingerprint density at radius 1 is 1.12 bits per heavy atom. The summed E-state index contributed by atoms with van der Waals surface area (Å²) in [6.45, 7) is 10.3. The van der Waals surface area contributed by atoms with E-state index in [1.807, 2.05) is 24.3 Å². The summed E-state index contributed by atoms with van der Waals surface area (Å²) >= 11 is 0. The number of Topliss-reactive ketones (excluding diaryl/α,β-unsaturated/α-hetero) is 2. The smallest absolute Gasteiger partial charge is 0.268 e. The van der Waals surface area contributed by atoms with Gasteiger partial charge in [0.1, 0.15) is 10.9 Å². The number of aromatic nitrogens is 3. The Labute approximate surface area is 193 Å². The first-order valence-corrected chi connectivity index (χ1v) is 12.3. The SMILES string of the molecule is CC(=O)c1c(C)[nH]c(C(=O)[C@@H](C)n2nc(C)c(S(=O)(=O)N3CCc4ccccc43)c2C)c1C. The number of fused-ring (bicyclic) bond motifs is 1. The van der Waals surface area contributed by atoms with Gasteiger partial charge in [-0.3, -0.25) is 18.6 Å². The number of hydrogen-bond donors (Lipinski definition) is 1. The number of para-hydroxylation sites is 1. The molecule has 1 aromatic carbocycles. The molecule has 0 amide bonds. The molecule has 0 saturated heterocycles. The van der Waals surface area contributed by atoms with E-state index in [-0.39, 0.29) is 16.5 Å². The number of benzene rings is 1. The first-order chi connectivity index (χ1) is 15.5. The molecule has 33 heavy (non-hydrogen) atoms. The molecule has 3 aromatic rings. The monoisotopic (exact) mass is 468 g/mol. The van der Waals surface area contributed by atoms with Crippen LogP contribution in [0.2, 0.25) is 0 Å². The predicted octanol–water partition coefficient (Wildman–Crippen LogP) is 3.84. The summed E-state index contributed by atoms with van der Waals surface area (Å²) in [5.74, 6) is -0.373. The lowest BCUT2D eigenvalue weighted by molar-refractivity contribution is 0.0921. The van der Waals surface area contributed by atoms with Gasteiger partial charge in [-0.1, -0.05) is 18.2 Å². The number of hydrogen-bond acceptors (Lipinski definition) is 5. The highest BCUT2D eigenvalue weighted by molar-refractivity contribution is 7.93. The fraction of sp³-hybridized carbons (Fsp3) is 0.375. The minimum atomic E-state index is -3.85. The molecular formula is C24H28N4O4S. The highest BCUT2D eigenvalue weighted by atomic mass is 32.2. The number of aromatic amines is 1. The summed E-state index contributed by atoms with van der Waals surface area (Å²) in [5, 5.41) is 4.45. The number of ketones is 2. The van der Waals surface area contributed by atoms with Crippen molar-refractivity contribution in [2.75, 3.05) is 10.8 Å². The standard InChI is InChI=1S/C24H28N4O4S/c1-13-21(18(6)29)14(2)25-22(13)23(30)16(4)28-17(5)24(15(3)26-28)33(31,32)27-12-11-19-9-7-8-10-20(19)27/h7-10,16,25H,11-12H2,1-6H3/t16-/m1/s1. The van der Waals surface area contributed by atoms with Gasteiger partial charge in [-0.05, 0) is 65.2 Å². The van der Waals surface area contributed by atoms with Crippen molar-refractivity contribution in [3.63, 3.8) is 0 Å². The van der Waals surface area contributed by atoms with Gasteiger partial charge in [0.2, 0.25) is 5.78 Å². The number of sulfonamides is 1. The number of carbonyl (C=O) groups excluding carboxylic acids is 2. The van der Waals surface area contributed by atoms with Gasteiger partial charge in [-0.15, -0.1) is 0 Å². The third-order valence-electron chi connectivity index (χ3n) is 6.43. The molecule has 0 unspecified atom stereocenters. The van der Waals surface area contributed by atoms with Crippen molar-refractivity contribution in [2.24, 2.45) is 0 Å². The van der Waals surface area contributed by atoms with Gasteiger partial charge < -0.3 is 4.98 Å². The van der Waals surface area contributed by atoms with Crippen molar-refractivity contribution in [2.45, 2.75) is 58.9 Å². The minimum absolute atomic E-state index is 0.113. The molecule has 174 valence electrons. The number of nitrogens with zero attached hydrogens (tertiary/aromatic N) is 3. The molecule has 0 aliphatic carbocycles. The average molecular weight is 469 g/mol. The lowest BCUT2D eigenvalue weighted by Crippen LogP contribution is -2.30. The van der Waals surface area contributed by atoms with Crippen LogP contribution in [0.5, 0.6) is 0 Å². The van der Waals surface area contributed by atoms with Crippen LogP contribution in [0.1, 0.15) is 68.9 Å². The molecule has 0 saturated carbocycles. The summed E-state index contributed by atoms with van der Waals surface area (Å²) < 4.78 is 30.2. The van der Waals surface area contributed by atoms with E-state index in [1.54, 1.807) is 34.6 Å². The van der Waals surface area contributed by atoms with E-state index >= 15 is 0 Å². The van der Waals surface area contributed by atoms with Gasteiger partial charge in [0, 0.05) is 17.8 Å². The lowest BCUT2D eigenvalue weighted by Gasteiger charge is -2.20. The van der Waals surface area contributed by atoms with Crippen molar-refractivity contribution in [3.8, 4) is 0 Å². The van der Waals surface area contributed by atoms with E-state index < -0.39 is 16.1 Å². The topological polar surface area (TPSA) is 105 Å². The molecule has 1 atom stereocenters. The second kappa shape index (κ2) is 7.98. The van der Waals surface area contributed by atoms with Gasteiger partial charge in [0.05, 0.1) is 22.8 Å². The highest BCUT2D eigenvalue weighted by Crippen LogP contribution is 2.35. The van der Waals surface area contributed by atoms with E-state index in [2.05, 4.69) is 10.1 Å². The molecule has 1 aliphatic heterocycles. The summed E-state index contributed by atoms with van der Waals surface area (Å²) in [6.07, 6.45) is 0.653. The Balaban J connectivity index is 1.73. The Hall–Kier alpha value is -3.20. The van der Waals surface area contributed by atoms with Crippen molar-refractivity contribution in [3.05, 3.63) is 63.7 Å². The van der Waals surface area contributed by atoms with Gasteiger partial charge in [-0.25, -0.2) is 8.42 Å². The van der Waals surface area contributed by atoms with Crippen LogP contribution in [0.25, 0.3) is 0 Å². The van der Waals surface area contributed by atoms with Crippen LogP contribution >= 0.6 is 0 Å². The van der Waals surface area contributed by atoms with Crippen molar-refractivity contribution in [1.29, 1.82) is 0 Å². The second-order valence-corrected chi connectivity index (χ2v) is 10.4. The maximum absolute atomic E-state index is 13.6. The molecule has 3 heterocycles. The fourth-order valence-electron chi connectivity index (χ4n) is 4.91. The Kier molecular flexibility index (Phi) is 5.56. The molecule has 8 nitrogen and oxygen atoms in total. The maximum atomic E-state index is 13.6. The quantitative estimate of drug-likeness (QED) is 0.554. The summed E-state index contributed by atoms with van der Waals surface area (Å²) in [5.41, 5.74) is 4.52. The zero-order chi connectivity index (χ0) is 24.2. The Morgan fingerprint density at radius 3 is 2.42 bits per heavy atom. The van der Waals surface area contributed by atoms with Crippen molar-refractivity contribution in [1.82, 2.24) is 14.8 Å². The van der Waals surface area contributed by atoms with Gasteiger partial charge in [0.25, 0.3) is 10.0 Å². The summed E-state index contributed by atoms with van der Waals surface area (Å²) in [6, 6.07) is 6.72. The number of carbonyl (C=O) groups is 2. The van der Waals surface area contributed by atoms with Crippen LogP contribution < -0.4 is 4.31 Å².